The number of hydrazone groups is 1. The Balaban J connectivity index is 1.61. The second kappa shape index (κ2) is 7.55. The van der Waals surface area contributed by atoms with Crippen LogP contribution in [0.4, 0.5) is 0 Å². The number of nitrogens with zero attached hydrogens (tertiary/aromatic N) is 4. The predicted octanol–water partition coefficient (Wildman–Crippen LogP) is 0.918. The maximum atomic E-state index is 13.3. The first kappa shape index (κ1) is 20.1. The predicted molar refractivity (Wildman–Crippen MR) is 109 cm³/mol. The van der Waals surface area contributed by atoms with Gasteiger partial charge in [0.25, 0.3) is 11.8 Å². The van der Waals surface area contributed by atoms with E-state index in [1.165, 1.54) is 12.3 Å². The third-order valence-corrected chi connectivity index (χ3v) is 6.70. The molecule has 0 aromatic carbocycles. The monoisotopic (exact) mass is 411 g/mol. The third-order valence-electron chi connectivity index (χ3n) is 6.70. The molecule has 3 atom stereocenters. The van der Waals surface area contributed by atoms with Gasteiger partial charge in [-0.05, 0) is 43.7 Å². The summed E-state index contributed by atoms with van der Waals surface area (Å²) in [7, 11) is 1.79. The molecule has 3 aliphatic rings. The van der Waals surface area contributed by atoms with Crippen molar-refractivity contribution in [2.75, 3.05) is 20.1 Å². The van der Waals surface area contributed by atoms with Crippen LogP contribution in [0.25, 0.3) is 0 Å². The molecule has 4 rings (SSSR count). The number of aromatic nitrogens is 1. The van der Waals surface area contributed by atoms with Crippen molar-refractivity contribution >= 4 is 24.8 Å². The Morgan fingerprint density at radius 1 is 1.50 bits per heavy atom. The lowest BCUT2D eigenvalue weighted by Gasteiger charge is -2.40. The fraction of sp³-hybridized carbons (Fsp3) is 0.476. The van der Waals surface area contributed by atoms with E-state index in [9.17, 15) is 19.5 Å². The van der Waals surface area contributed by atoms with Crippen LogP contribution < -0.4 is 5.32 Å². The van der Waals surface area contributed by atoms with Gasteiger partial charge in [0, 0.05) is 49.2 Å². The Kier molecular flexibility index (Phi) is 5.05. The molecule has 2 fully saturated rings. The quantitative estimate of drug-likeness (QED) is 0.409. The molecule has 0 bridgehead atoms. The van der Waals surface area contributed by atoms with Gasteiger partial charge < -0.3 is 20.1 Å². The first-order valence-corrected chi connectivity index (χ1v) is 10.1. The average Bonchev–Trinajstić information content (AvgIpc) is 3.48. The van der Waals surface area contributed by atoms with Crippen LogP contribution in [0.1, 0.15) is 36.2 Å². The lowest BCUT2D eigenvalue weighted by molar-refractivity contribution is -0.130. The van der Waals surface area contributed by atoms with E-state index in [-0.39, 0.29) is 47.2 Å². The molecule has 1 saturated heterocycles. The van der Waals surface area contributed by atoms with E-state index in [2.05, 4.69) is 22.1 Å². The second-order valence-electron chi connectivity index (χ2n) is 7.98. The summed E-state index contributed by atoms with van der Waals surface area (Å²) < 4.78 is 0. The van der Waals surface area contributed by atoms with Crippen molar-refractivity contribution in [3.05, 3.63) is 35.3 Å². The molecule has 2 aliphatic carbocycles. The van der Waals surface area contributed by atoms with Crippen LogP contribution in [0.2, 0.25) is 0 Å². The number of pyridine rings is 1. The van der Waals surface area contributed by atoms with Crippen LogP contribution in [0.3, 0.4) is 0 Å². The highest BCUT2D eigenvalue weighted by molar-refractivity contribution is 5.98. The van der Waals surface area contributed by atoms with Crippen LogP contribution in [-0.2, 0) is 9.59 Å². The lowest BCUT2D eigenvalue weighted by Crippen LogP contribution is -2.47. The highest BCUT2D eigenvalue weighted by Gasteiger charge is 2.63. The van der Waals surface area contributed by atoms with Gasteiger partial charge in [-0.3, -0.25) is 9.59 Å². The molecular weight excluding hydrogens is 386 g/mol. The minimum atomic E-state index is -0.352. The number of allylic oxidation sites excluding steroid dienone is 1. The molecule has 0 radical (unpaired) electrons. The number of piperidine rings is 1. The Morgan fingerprint density at radius 2 is 2.30 bits per heavy atom. The number of carbonyl (C=O) groups is 3. The van der Waals surface area contributed by atoms with E-state index in [0.29, 0.717) is 24.8 Å². The van der Waals surface area contributed by atoms with Crippen molar-refractivity contribution in [1.82, 2.24) is 20.2 Å². The fourth-order valence-electron chi connectivity index (χ4n) is 5.26. The molecule has 1 saturated carbocycles. The molecule has 1 aromatic heterocycles. The molecule has 9 nitrogen and oxygen atoms in total. The lowest BCUT2D eigenvalue weighted by atomic mass is 9.71. The van der Waals surface area contributed by atoms with Crippen LogP contribution in [-0.4, -0.2) is 71.0 Å². The Labute approximate surface area is 174 Å². The summed E-state index contributed by atoms with van der Waals surface area (Å²) in [5.74, 6) is -0.564. The Morgan fingerprint density at radius 3 is 2.97 bits per heavy atom. The van der Waals surface area contributed by atoms with E-state index in [0.717, 1.165) is 30.0 Å². The van der Waals surface area contributed by atoms with E-state index >= 15 is 0 Å². The van der Waals surface area contributed by atoms with Gasteiger partial charge in [-0.1, -0.05) is 0 Å². The largest absolute Gasteiger partial charge is 0.505 e. The minimum absolute atomic E-state index is 0.00266. The number of aldehydes is 1. The molecule has 9 heteroatoms. The first-order chi connectivity index (χ1) is 14.5. The van der Waals surface area contributed by atoms with E-state index in [4.69, 9.17) is 0 Å². The number of hydrogen-bond acceptors (Lipinski definition) is 7. The number of hydrogen-bond donors (Lipinski definition) is 2. The summed E-state index contributed by atoms with van der Waals surface area (Å²) in [6.07, 6.45) is 5.10. The van der Waals surface area contributed by atoms with Crippen LogP contribution in [0.5, 0.6) is 5.75 Å². The maximum Gasteiger partial charge on any atom is 0.276 e. The van der Waals surface area contributed by atoms with Crippen molar-refractivity contribution < 1.29 is 19.5 Å². The standard InChI is InChI=1S/C21H25N5O4/c1-22-14-5-6-21(17(14)19(29)26(23-2)10-11-27)7-9-25(15-12-13(15)21)20(30)18-16(28)4-3-8-24-18/h3-4,8,11,13,15,22,28H,2,5-7,9-10,12H2,1H3. The third kappa shape index (κ3) is 2.96. The van der Waals surface area contributed by atoms with Gasteiger partial charge in [-0.25, -0.2) is 9.99 Å². The highest BCUT2D eigenvalue weighted by Crippen LogP contribution is 2.63. The molecular formula is C21H25N5O4. The van der Waals surface area contributed by atoms with Crippen molar-refractivity contribution in [3.8, 4) is 5.75 Å². The van der Waals surface area contributed by atoms with Crippen LogP contribution in [0.15, 0.2) is 34.7 Å². The second-order valence-corrected chi connectivity index (χ2v) is 7.98. The van der Waals surface area contributed by atoms with Crippen molar-refractivity contribution in [1.29, 1.82) is 0 Å². The highest BCUT2D eigenvalue weighted by atomic mass is 16.3. The van der Waals surface area contributed by atoms with E-state index in [1.807, 2.05) is 0 Å². The molecule has 3 unspecified atom stereocenters. The molecule has 2 heterocycles. The summed E-state index contributed by atoms with van der Waals surface area (Å²) in [6.45, 7) is 3.76. The molecule has 1 spiro atoms. The Hall–Kier alpha value is -3.23. The average molecular weight is 411 g/mol. The summed E-state index contributed by atoms with van der Waals surface area (Å²) in [5.41, 5.74) is 1.24. The van der Waals surface area contributed by atoms with Crippen LogP contribution >= 0.6 is 0 Å². The van der Waals surface area contributed by atoms with Crippen molar-refractivity contribution in [2.45, 2.75) is 31.7 Å². The van der Waals surface area contributed by atoms with Crippen molar-refractivity contribution in [2.24, 2.45) is 16.4 Å². The summed E-state index contributed by atoms with van der Waals surface area (Å²) >= 11 is 0. The summed E-state index contributed by atoms with van der Waals surface area (Å²) in [6, 6.07) is 3.04. The minimum Gasteiger partial charge on any atom is -0.505 e. The topological polar surface area (TPSA) is 115 Å². The summed E-state index contributed by atoms with van der Waals surface area (Å²) in [4.78, 5) is 43.0. The van der Waals surface area contributed by atoms with Gasteiger partial charge in [-0.2, -0.15) is 5.10 Å². The number of rotatable bonds is 6. The molecule has 30 heavy (non-hydrogen) atoms. The first-order valence-electron chi connectivity index (χ1n) is 10.1. The molecule has 2 N–H and O–H groups in total. The van der Waals surface area contributed by atoms with E-state index < -0.39 is 0 Å². The van der Waals surface area contributed by atoms with Gasteiger partial charge in [0.05, 0.1) is 0 Å². The van der Waals surface area contributed by atoms with Crippen molar-refractivity contribution in [3.63, 3.8) is 0 Å². The van der Waals surface area contributed by atoms with Crippen LogP contribution in [0, 0.1) is 11.3 Å². The smallest absolute Gasteiger partial charge is 0.276 e. The van der Waals surface area contributed by atoms with Gasteiger partial charge in [0.1, 0.15) is 18.6 Å². The SMILES string of the molecule is C=NN(CC=O)C(=O)C1=C(NC)CCC12CCN(C(=O)c1ncccc1O)C1CC12. The van der Waals surface area contributed by atoms with E-state index in [1.54, 1.807) is 18.0 Å². The number of fused-ring (bicyclic) bond motifs is 2. The normalized spacial score (nSPS) is 26.9. The zero-order valence-electron chi connectivity index (χ0n) is 16.9. The Bertz CT molecular complexity index is 945. The van der Waals surface area contributed by atoms with Gasteiger partial charge in [-0.15, -0.1) is 0 Å². The number of aromatic hydroxyl groups is 1. The number of carbonyl (C=O) groups excluding carboxylic acids is 3. The van der Waals surface area contributed by atoms with Gasteiger partial charge in [0.2, 0.25) is 0 Å². The summed E-state index contributed by atoms with van der Waals surface area (Å²) in [5, 5.41) is 18.0. The molecule has 158 valence electrons. The van der Waals surface area contributed by atoms with Gasteiger partial charge in [0.15, 0.2) is 5.69 Å². The number of likely N-dealkylation sites (tertiary alicyclic amines) is 1. The molecule has 2 amide bonds. The fourth-order valence-corrected chi connectivity index (χ4v) is 5.26. The van der Waals surface area contributed by atoms with Gasteiger partial charge >= 0.3 is 0 Å². The number of nitrogens with one attached hydrogen (secondary N) is 1. The molecule has 1 aliphatic heterocycles. The zero-order valence-corrected chi connectivity index (χ0v) is 16.9. The number of amides is 2. The zero-order chi connectivity index (χ0) is 21.5. The maximum absolute atomic E-state index is 13.3. The molecule has 1 aromatic rings.